The second-order valence-corrected chi connectivity index (χ2v) is 17.8. The zero-order chi connectivity index (χ0) is 42.8. The molecule has 0 aromatic carbocycles. The molecule has 2 unspecified atom stereocenters. The van der Waals surface area contributed by atoms with Gasteiger partial charge in [0.15, 0.2) is 0 Å². The minimum atomic E-state index is -4.67. The normalized spacial score (nSPS) is 12.5. The quantitative estimate of drug-likeness (QED) is 0.0270. The first-order chi connectivity index (χ1) is 27.6. The highest BCUT2D eigenvalue weighted by molar-refractivity contribution is 7.79. The van der Waals surface area contributed by atoms with E-state index in [1.165, 1.54) is 244 Å². The fourth-order valence-electron chi connectivity index (χ4n) is 7.13. The Bertz CT molecular complexity index is 746. The van der Waals surface area contributed by atoms with Crippen LogP contribution >= 0.6 is 0 Å². The van der Waals surface area contributed by atoms with E-state index in [1.54, 1.807) is 0 Å². The predicted molar refractivity (Wildman–Crippen MR) is 249 cm³/mol. The zero-order valence-electron chi connectivity index (χ0n) is 38.9. The van der Waals surface area contributed by atoms with Crippen molar-refractivity contribution in [2.75, 3.05) is 13.2 Å². The maximum absolute atomic E-state index is 8.74. The molecule has 0 saturated heterocycles. The summed E-state index contributed by atoms with van der Waals surface area (Å²) in [6.45, 7) is 10.8. The summed E-state index contributed by atoms with van der Waals surface area (Å²) in [6, 6.07) is 0. The lowest BCUT2D eigenvalue weighted by Crippen LogP contribution is -2.24. The Morgan fingerprint density at radius 2 is 0.491 bits per heavy atom. The summed E-state index contributed by atoms with van der Waals surface area (Å²) < 4.78 is 43.1. The number of ether oxygens (including phenoxy) is 2. The van der Waals surface area contributed by atoms with Crippen LogP contribution in [0.4, 0.5) is 0 Å². The molecule has 9 heteroatoms. The Hall–Kier alpha value is -0.290. The van der Waals surface area contributed by atoms with Crippen molar-refractivity contribution in [3.63, 3.8) is 0 Å². The van der Waals surface area contributed by atoms with Crippen LogP contribution in [0.25, 0.3) is 0 Å². The maximum atomic E-state index is 8.74. The fraction of sp³-hybridized carbons (Fsp3) is 1.00. The highest BCUT2D eigenvalue weighted by Gasteiger charge is 2.04. The molecule has 8 nitrogen and oxygen atoms in total. The Morgan fingerprint density at radius 1 is 0.333 bits per heavy atom. The van der Waals surface area contributed by atoms with Crippen molar-refractivity contribution in [3.8, 4) is 0 Å². The van der Waals surface area contributed by atoms with Gasteiger partial charge in [-0.15, -0.1) is 0 Å². The highest BCUT2D eigenvalue weighted by atomic mass is 32.3. The summed E-state index contributed by atoms with van der Waals surface area (Å²) in [5, 5.41) is 0. The van der Waals surface area contributed by atoms with E-state index in [9.17, 15) is 0 Å². The Balaban J connectivity index is -0.000000913. The van der Waals surface area contributed by atoms with E-state index in [0.29, 0.717) is 0 Å². The number of rotatable bonds is 44. The van der Waals surface area contributed by atoms with Crippen LogP contribution in [0.2, 0.25) is 0 Å². The van der Waals surface area contributed by atoms with E-state index >= 15 is 0 Å². The molecular formula is C48H104N2O6S. The van der Waals surface area contributed by atoms with E-state index in [2.05, 4.69) is 27.7 Å². The van der Waals surface area contributed by atoms with Gasteiger partial charge in [0.2, 0.25) is 0 Å². The third kappa shape index (κ3) is 70.6. The minimum absolute atomic E-state index is 0.0295. The molecule has 2 atom stereocenters. The lowest BCUT2D eigenvalue weighted by atomic mass is 10.1. The van der Waals surface area contributed by atoms with Crippen molar-refractivity contribution in [1.82, 2.24) is 0 Å². The molecule has 0 aromatic heterocycles. The SMILES string of the molecule is CCCCCCCCCCCCOC(N)CCCCCCCCCCC.CCCCCCCCCCCCOC(N)CCCCCCCCCCC.O=S(=O)(O)O. The molecule has 0 saturated carbocycles. The van der Waals surface area contributed by atoms with Crippen molar-refractivity contribution in [1.29, 1.82) is 0 Å². The number of hydrogen-bond acceptors (Lipinski definition) is 6. The predicted octanol–water partition coefficient (Wildman–Crippen LogP) is 15.6. The van der Waals surface area contributed by atoms with Gasteiger partial charge in [-0.3, -0.25) is 9.11 Å². The number of unbranched alkanes of at least 4 members (excludes halogenated alkanes) is 34. The molecule has 0 bridgehead atoms. The van der Waals surface area contributed by atoms with E-state index < -0.39 is 10.4 Å². The Kier molecular flexibility index (Phi) is 57.5. The van der Waals surface area contributed by atoms with Gasteiger partial charge in [-0.2, -0.15) is 8.42 Å². The van der Waals surface area contributed by atoms with Crippen LogP contribution in [-0.4, -0.2) is 43.2 Å². The highest BCUT2D eigenvalue weighted by Crippen LogP contribution is 2.15. The number of nitrogens with two attached hydrogens (primary N) is 2. The molecule has 0 spiro atoms. The summed E-state index contributed by atoms with van der Waals surface area (Å²) in [6.07, 6.45) is 54.2. The molecule has 0 radical (unpaired) electrons. The molecule has 0 fully saturated rings. The second-order valence-electron chi connectivity index (χ2n) is 16.9. The first-order valence-electron chi connectivity index (χ1n) is 25.1. The first kappa shape index (κ1) is 61.0. The summed E-state index contributed by atoms with van der Waals surface area (Å²) in [5.74, 6) is 0. The average Bonchev–Trinajstić information content (AvgIpc) is 3.17. The number of hydrogen-bond donors (Lipinski definition) is 4. The Morgan fingerprint density at radius 3 is 0.684 bits per heavy atom. The van der Waals surface area contributed by atoms with Gasteiger partial charge in [0, 0.05) is 13.2 Å². The van der Waals surface area contributed by atoms with E-state index in [0.717, 1.165) is 26.1 Å². The van der Waals surface area contributed by atoms with Gasteiger partial charge in [-0.25, -0.2) is 0 Å². The molecule has 0 heterocycles. The van der Waals surface area contributed by atoms with Crippen LogP contribution in [0.15, 0.2) is 0 Å². The lowest BCUT2D eigenvalue weighted by Gasteiger charge is -2.13. The van der Waals surface area contributed by atoms with Crippen LogP contribution in [0, 0.1) is 0 Å². The van der Waals surface area contributed by atoms with Crippen molar-refractivity contribution in [2.45, 2.75) is 297 Å². The molecule has 0 aromatic rings. The minimum Gasteiger partial charge on any atom is -0.364 e. The molecule has 0 aliphatic rings. The zero-order valence-corrected chi connectivity index (χ0v) is 39.8. The van der Waals surface area contributed by atoms with Gasteiger partial charge < -0.3 is 20.9 Å². The Labute approximate surface area is 357 Å². The van der Waals surface area contributed by atoms with E-state index in [4.69, 9.17) is 38.5 Å². The molecule has 0 aliphatic heterocycles. The molecular weight excluding hydrogens is 733 g/mol. The monoisotopic (exact) mass is 837 g/mol. The van der Waals surface area contributed by atoms with Gasteiger partial charge in [-0.05, 0) is 38.5 Å². The van der Waals surface area contributed by atoms with E-state index in [-0.39, 0.29) is 12.5 Å². The van der Waals surface area contributed by atoms with Crippen LogP contribution < -0.4 is 11.5 Å². The summed E-state index contributed by atoms with van der Waals surface area (Å²) in [7, 11) is -4.67. The first-order valence-corrected chi connectivity index (χ1v) is 26.5. The molecule has 0 rings (SSSR count). The van der Waals surface area contributed by atoms with Gasteiger partial charge in [0.25, 0.3) is 0 Å². The van der Waals surface area contributed by atoms with E-state index in [1.807, 2.05) is 0 Å². The third-order valence-electron chi connectivity index (χ3n) is 10.8. The van der Waals surface area contributed by atoms with Crippen LogP contribution in [0.1, 0.15) is 285 Å². The average molecular weight is 837 g/mol. The van der Waals surface area contributed by atoms with Crippen molar-refractivity contribution >= 4 is 10.4 Å². The van der Waals surface area contributed by atoms with Crippen LogP contribution in [0.5, 0.6) is 0 Å². The summed E-state index contributed by atoms with van der Waals surface area (Å²) in [5.41, 5.74) is 12.1. The molecule has 0 amide bonds. The summed E-state index contributed by atoms with van der Waals surface area (Å²) >= 11 is 0. The smallest absolute Gasteiger partial charge is 0.364 e. The van der Waals surface area contributed by atoms with Gasteiger partial charge >= 0.3 is 10.4 Å². The van der Waals surface area contributed by atoms with Crippen molar-refractivity contribution in [2.24, 2.45) is 11.5 Å². The molecule has 0 aliphatic carbocycles. The molecule has 57 heavy (non-hydrogen) atoms. The molecule has 6 N–H and O–H groups in total. The third-order valence-corrected chi connectivity index (χ3v) is 10.8. The van der Waals surface area contributed by atoms with Gasteiger partial charge in [0.05, 0.1) is 0 Å². The maximum Gasteiger partial charge on any atom is 0.394 e. The van der Waals surface area contributed by atoms with Gasteiger partial charge in [-0.1, -0.05) is 246 Å². The van der Waals surface area contributed by atoms with Crippen molar-refractivity contribution in [3.05, 3.63) is 0 Å². The lowest BCUT2D eigenvalue weighted by molar-refractivity contribution is 0.0473. The molecule has 348 valence electrons. The topological polar surface area (TPSA) is 145 Å². The van der Waals surface area contributed by atoms with Crippen LogP contribution in [0.3, 0.4) is 0 Å². The largest absolute Gasteiger partial charge is 0.394 e. The van der Waals surface area contributed by atoms with Crippen LogP contribution in [-0.2, 0) is 19.9 Å². The fourth-order valence-corrected chi connectivity index (χ4v) is 7.13. The van der Waals surface area contributed by atoms with Crippen molar-refractivity contribution < 1.29 is 27.0 Å². The second kappa shape index (κ2) is 53.7. The van der Waals surface area contributed by atoms with Gasteiger partial charge in [0.1, 0.15) is 12.5 Å². The summed E-state index contributed by atoms with van der Waals surface area (Å²) in [4.78, 5) is 0. The standard InChI is InChI=1S/2C24H51NO.H2O4S/c2*1-3-5-7-9-11-13-15-17-19-21-23-26-24(25)22-20-18-16-14-12-10-8-6-4-2;1-5(2,3)4/h2*24H,3-23,25H2,1-2H3;(H2,1,2,3,4).